The van der Waals surface area contributed by atoms with E-state index in [0.29, 0.717) is 0 Å². The summed E-state index contributed by atoms with van der Waals surface area (Å²) in [6.07, 6.45) is 6.58. The molecule has 4 heteroatoms. The van der Waals surface area contributed by atoms with Crippen molar-refractivity contribution < 1.29 is 0 Å². The molecule has 1 heterocycles. The lowest BCUT2D eigenvalue weighted by atomic mass is 10.1. The Labute approximate surface area is 222 Å². The largest absolute Gasteiger partial charge is 0.372 e. The van der Waals surface area contributed by atoms with E-state index in [1.807, 2.05) is 10.7 Å². The number of benzene rings is 3. The van der Waals surface area contributed by atoms with Crippen LogP contribution < -0.4 is 9.80 Å². The van der Waals surface area contributed by atoms with Gasteiger partial charge in [-0.1, -0.05) is 62.4 Å². The van der Waals surface area contributed by atoms with E-state index in [1.165, 1.54) is 16.9 Å². The van der Waals surface area contributed by atoms with Gasteiger partial charge in [0.2, 0.25) is 0 Å². The van der Waals surface area contributed by atoms with Crippen molar-refractivity contribution >= 4 is 23.5 Å². The second-order valence-corrected chi connectivity index (χ2v) is 9.33. The van der Waals surface area contributed by atoms with Crippen molar-refractivity contribution in [2.24, 2.45) is 0 Å². The summed E-state index contributed by atoms with van der Waals surface area (Å²) in [5, 5.41) is 4.97. The van der Waals surface area contributed by atoms with Crippen molar-refractivity contribution in [2.75, 3.05) is 36.0 Å². The minimum Gasteiger partial charge on any atom is -0.372 e. The number of rotatable bonds is 12. The maximum atomic E-state index is 4.97. The molecule has 0 fully saturated rings. The Hall–Kier alpha value is -3.79. The number of aromatic nitrogens is 2. The Bertz CT molecular complexity index is 1240. The molecule has 0 spiro atoms. The lowest BCUT2D eigenvalue weighted by molar-refractivity contribution is 0.745. The maximum absolute atomic E-state index is 4.97. The monoisotopic (exact) mass is 492 g/mol. The molecule has 0 unspecified atom stereocenters. The van der Waals surface area contributed by atoms with Gasteiger partial charge >= 0.3 is 0 Å². The molecule has 0 atom stereocenters. The van der Waals surface area contributed by atoms with Crippen LogP contribution in [0.15, 0.2) is 84.9 Å². The molecule has 192 valence electrons. The molecule has 3 aromatic carbocycles. The van der Waals surface area contributed by atoms with Gasteiger partial charge in [0, 0.05) is 43.1 Å². The summed E-state index contributed by atoms with van der Waals surface area (Å²) < 4.78 is 2.04. The van der Waals surface area contributed by atoms with E-state index in [-0.39, 0.29) is 0 Å². The van der Waals surface area contributed by atoms with E-state index < -0.39 is 0 Å². The van der Waals surface area contributed by atoms with Gasteiger partial charge in [-0.25, -0.2) is 4.68 Å². The molecule has 4 rings (SSSR count). The smallest absolute Gasteiger partial charge is 0.0862 e. The number of para-hydroxylation sites is 1. The van der Waals surface area contributed by atoms with Gasteiger partial charge in [-0.3, -0.25) is 0 Å². The molecule has 1 aromatic heterocycles. The molecular weight excluding hydrogens is 452 g/mol. The predicted octanol–water partition coefficient (Wildman–Crippen LogP) is 8.18. The van der Waals surface area contributed by atoms with E-state index in [4.69, 9.17) is 5.10 Å². The second-order valence-electron chi connectivity index (χ2n) is 9.33. The van der Waals surface area contributed by atoms with Crippen LogP contribution in [-0.4, -0.2) is 36.0 Å². The molecule has 4 nitrogen and oxygen atoms in total. The molecule has 0 aliphatic rings. The average molecular weight is 493 g/mol. The zero-order valence-electron chi connectivity index (χ0n) is 22.8. The number of nitrogens with zero attached hydrogens (tertiary/aromatic N) is 4. The summed E-state index contributed by atoms with van der Waals surface area (Å²) in [5.41, 5.74) is 7.96. The van der Waals surface area contributed by atoms with E-state index in [9.17, 15) is 0 Å². The normalized spacial score (nSPS) is 11.2. The molecule has 0 bridgehead atoms. The highest BCUT2D eigenvalue weighted by Gasteiger charge is 2.12. The SMILES string of the molecule is CCCN(CCC)c1ccc(C=Cc2cc(-c3ccc(N(CC)CC)cc3)n(-c3ccccc3)n2)cc1. The Morgan fingerprint density at radius 1 is 0.676 bits per heavy atom. The summed E-state index contributed by atoms with van der Waals surface area (Å²) in [6.45, 7) is 13.1. The van der Waals surface area contributed by atoms with Crippen LogP contribution in [0.1, 0.15) is 51.8 Å². The quantitative estimate of drug-likeness (QED) is 0.199. The van der Waals surface area contributed by atoms with Crippen molar-refractivity contribution in [2.45, 2.75) is 40.5 Å². The first-order chi connectivity index (χ1) is 18.2. The standard InChI is InChI=1S/C33H40N4/c1-5-24-36(25-6-2)31-20-15-27(16-21-31)14-19-29-26-33(37(34-29)32-12-10-9-11-13-32)28-17-22-30(23-18-28)35(7-3)8-4/h9-23,26H,5-8,24-25H2,1-4H3. The van der Waals surface area contributed by atoms with Gasteiger partial charge in [-0.2, -0.15) is 5.10 Å². The topological polar surface area (TPSA) is 24.3 Å². The Balaban J connectivity index is 1.61. The number of hydrogen-bond donors (Lipinski definition) is 0. The fourth-order valence-corrected chi connectivity index (χ4v) is 4.77. The van der Waals surface area contributed by atoms with Crippen LogP contribution in [0.25, 0.3) is 29.1 Å². The van der Waals surface area contributed by atoms with Gasteiger partial charge in [-0.15, -0.1) is 0 Å². The molecule has 0 saturated carbocycles. The summed E-state index contributed by atoms with van der Waals surface area (Å²) in [5.74, 6) is 0. The predicted molar refractivity (Wildman–Crippen MR) is 161 cm³/mol. The third-order valence-corrected chi connectivity index (χ3v) is 6.71. The van der Waals surface area contributed by atoms with Crippen molar-refractivity contribution in [1.82, 2.24) is 9.78 Å². The summed E-state index contributed by atoms with van der Waals surface area (Å²) in [7, 11) is 0. The van der Waals surface area contributed by atoms with Crippen molar-refractivity contribution in [3.8, 4) is 16.9 Å². The fraction of sp³-hybridized carbons (Fsp3) is 0.303. The highest BCUT2D eigenvalue weighted by Crippen LogP contribution is 2.27. The molecule has 37 heavy (non-hydrogen) atoms. The molecule has 0 N–H and O–H groups in total. The maximum Gasteiger partial charge on any atom is 0.0862 e. The Morgan fingerprint density at radius 3 is 1.86 bits per heavy atom. The first-order valence-corrected chi connectivity index (χ1v) is 13.7. The minimum atomic E-state index is 0.939. The van der Waals surface area contributed by atoms with E-state index in [2.05, 4.69) is 129 Å². The lowest BCUT2D eigenvalue weighted by Crippen LogP contribution is -2.24. The first-order valence-electron chi connectivity index (χ1n) is 13.7. The highest BCUT2D eigenvalue weighted by atomic mass is 15.3. The van der Waals surface area contributed by atoms with Crippen LogP contribution in [0.2, 0.25) is 0 Å². The molecular formula is C33H40N4. The van der Waals surface area contributed by atoms with Crippen LogP contribution in [0.4, 0.5) is 11.4 Å². The van der Waals surface area contributed by atoms with Crippen molar-refractivity contribution in [3.63, 3.8) is 0 Å². The lowest BCUT2D eigenvalue weighted by Gasteiger charge is -2.23. The van der Waals surface area contributed by atoms with Gasteiger partial charge in [0.15, 0.2) is 0 Å². The van der Waals surface area contributed by atoms with E-state index >= 15 is 0 Å². The van der Waals surface area contributed by atoms with E-state index in [0.717, 1.165) is 61.7 Å². The average Bonchev–Trinajstić information content (AvgIpc) is 3.38. The number of anilines is 2. The zero-order chi connectivity index (χ0) is 26.0. The summed E-state index contributed by atoms with van der Waals surface area (Å²) >= 11 is 0. The molecule has 0 amide bonds. The first kappa shape index (κ1) is 26.3. The zero-order valence-corrected chi connectivity index (χ0v) is 22.8. The van der Waals surface area contributed by atoms with Gasteiger partial charge in [0.05, 0.1) is 17.1 Å². The minimum absolute atomic E-state index is 0.939. The molecule has 0 saturated heterocycles. The van der Waals surface area contributed by atoms with Crippen LogP contribution in [0, 0.1) is 0 Å². The molecule has 4 aromatic rings. The summed E-state index contributed by atoms with van der Waals surface area (Å²) in [6, 6.07) is 30.2. The molecule has 0 aliphatic heterocycles. The van der Waals surface area contributed by atoms with Crippen LogP contribution in [-0.2, 0) is 0 Å². The van der Waals surface area contributed by atoms with E-state index in [1.54, 1.807) is 0 Å². The van der Waals surface area contributed by atoms with Gasteiger partial charge in [0.25, 0.3) is 0 Å². The third-order valence-electron chi connectivity index (χ3n) is 6.71. The van der Waals surface area contributed by atoms with Gasteiger partial charge in [0.1, 0.15) is 0 Å². The van der Waals surface area contributed by atoms with Crippen LogP contribution in [0.3, 0.4) is 0 Å². The van der Waals surface area contributed by atoms with Gasteiger partial charge in [-0.05, 0) is 80.8 Å². The van der Waals surface area contributed by atoms with Gasteiger partial charge < -0.3 is 9.80 Å². The number of hydrogen-bond acceptors (Lipinski definition) is 3. The van der Waals surface area contributed by atoms with Crippen LogP contribution >= 0.6 is 0 Å². The third kappa shape index (κ3) is 6.51. The van der Waals surface area contributed by atoms with Crippen molar-refractivity contribution in [3.05, 3.63) is 96.2 Å². The van der Waals surface area contributed by atoms with Crippen LogP contribution in [0.5, 0.6) is 0 Å². The molecule has 0 aliphatic carbocycles. The highest BCUT2D eigenvalue weighted by molar-refractivity contribution is 5.73. The molecule has 0 radical (unpaired) electrons. The second kappa shape index (κ2) is 13.0. The fourth-order valence-electron chi connectivity index (χ4n) is 4.77. The summed E-state index contributed by atoms with van der Waals surface area (Å²) in [4.78, 5) is 4.83. The Kier molecular flexibility index (Phi) is 9.20. The van der Waals surface area contributed by atoms with Crippen molar-refractivity contribution in [1.29, 1.82) is 0 Å². The Morgan fingerprint density at radius 2 is 1.27 bits per heavy atom.